The number of carbonyl (C=O) groups is 1. The van der Waals surface area contributed by atoms with Gasteiger partial charge in [0.1, 0.15) is 11.5 Å². The zero-order valence-electron chi connectivity index (χ0n) is 13.2. The number of benzene rings is 1. The van der Waals surface area contributed by atoms with Crippen molar-refractivity contribution in [3.63, 3.8) is 0 Å². The topological polar surface area (TPSA) is 47.6 Å². The number of hydrogen-bond donors (Lipinski definition) is 1. The second-order valence-corrected chi connectivity index (χ2v) is 10.2. The third-order valence-corrected chi connectivity index (χ3v) is 9.87. The molecular weight excluding hydrogens is 282 g/mol. The van der Waals surface area contributed by atoms with Crippen LogP contribution in [-0.2, 0) is 4.79 Å². The molecule has 0 unspecified atom stereocenters. The van der Waals surface area contributed by atoms with Crippen LogP contribution in [0.2, 0.25) is 18.1 Å². The van der Waals surface area contributed by atoms with Gasteiger partial charge in [0.15, 0.2) is 0 Å². The fourth-order valence-electron chi connectivity index (χ4n) is 3.48. The molecule has 21 heavy (non-hydrogen) atoms. The molecule has 1 atom stereocenters. The van der Waals surface area contributed by atoms with Crippen LogP contribution >= 0.6 is 0 Å². The summed E-state index contributed by atoms with van der Waals surface area (Å²) in [4.78, 5) is 11.8. The van der Waals surface area contributed by atoms with E-state index in [0.29, 0.717) is 6.42 Å². The van der Waals surface area contributed by atoms with Gasteiger partial charge in [-0.1, -0.05) is 25.5 Å². The van der Waals surface area contributed by atoms with Crippen molar-refractivity contribution in [3.05, 3.63) is 18.2 Å². The van der Waals surface area contributed by atoms with Gasteiger partial charge in [-0.15, -0.1) is 0 Å². The maximum Gasteiger partial charge on any atom is 0.219 e. The number of methoxy groups -OCH3 is 2. The van der Waals surface area contributed by atoms with Gasteiger partial charge in [-0.3, -0.25) is 4.79 Å². The molecule has 1 aliphatic rings. The molecule has 1 N–H and O–H groups in total. The van der Waals surface area contributed by atoms with Crippen molar-refractivity contribution in [2.45, 2.75) is 37.9 Å². The van der Waals surface area contributed by atoms with E-state index in [4.69, 9.17) is 9.47 Å². The van der Waals surface area contributed by atoms with Crippen LogP contribution in [0.15, 0.2) is 18.2 Å². The van der Waals surface area contributed by atoms with Crippen molar-refractivity contribution in [2.24, 2.45) is 0 Å². The zero-order chi connectivity index (χ0) is 15.3. The molecule has 1 heterocycles. The largest absolute Gasteiger partial charge is 0.497 e. The summed E-state index contributed by atoms with van der Waals surface area (Å²) in [7, 11) is 1.61. The van der Waals surface area contributed by atoms with Crippen LogP contribution < -0.4 is 20.0 Å². The molecule has 116 valence electrons. The molecular formula is C16H25NO3Si. The van der Waals surface area contributed by atoms with Gasteiger partial charge in [0, 0.05) is 18.2 Å². The molecule has 1 fully saturated rings. The third kappa shape index (κ3) is 3.23. The maximum atomic E-state index is 11.8. The molecule has 5 heteroatoms. The Morgan fingerprint density at radius 1 is 1.19 bits per heavy atom. The average Bonchev–Trinajstić information content (AvgIpc) is 2.69. The number of amides is 1. The Balaban J connectivity index is 2.53. The highest BCUT2D eigenvalue weighted by molar-refractivity contribution is 6.93. The van der Waals surface area contributed by atoms with Crippen molar-refractivity contribution in [1.29, 1.82) is 0 Å². The van der Waals surface area contributed by atoms with Crippen molar-refractivity contribution in [3.8, 4) is 11.5 Å². The van der Waals surface area contributed by atoms with E-state index in [0.717, 1.165) is 36.6 Å². The van der Waals surface area contributed by atoms with Gasteiger partial charge in [0.25, 0.3) is 0 Å². The van der Waals surface area contributed by atoms with Gasteiger partial charge in [0.05, 0.1) is 22.3 Å². The highest BCUT2D eigenvalue weighted by Crippen LogP contribution is 2.33. The van der Waals surface area contributed by atoms with Crippen LogP contribution in [0, 0.1) is 0 Å². The summed E-state index contributed by atoms with van der Waals surface area (Å²) in [6.07, 6.45) is 1.75. The third-order valence-electron chi connectivity index (χ3n) is 4.44. The van der Waals surface area contributed by atoms with Gasteiger partial charge in [-0.25, -0.2) is 0 Å². The summed E-state index contributed by atoms with van der Waals surface area (Å²) in [6, 6.07) is 9.20. The summed E-state index contributed by atoms with van der Waals surface area (Å²) < 4.78 is 11.3. The first-order valence-electron chi connectivity index (χ1n) is 7.65. The molecule has 0 aromatic heterocycles. The van der Waals surface area contributed by atoms with Gasteiger partial charge >= 0.3 is 0 Å². The van der Waals surface area contributed by atoms with E-state index in [1.165, 1.54) is 11.2 Å². The van der Waals surface area contributed by atoms with E-state index in [2.05, 4.69) is 12.2 Å². The lowest BCUT2D eigenvalue weighted by atomic mass is 10.3. The number of rotatable bonds is 5. The van der Waals surface area contributed by atoms with Crippen LogP contribution in [0.1, 0.15) is 19.8 Å². The lowest BCUT2D eigenvalue weighted by Crippen LogP contribution is -2.49. The van der Waals surface area contributed by atoms with E-state index in [1.54, 1.807) is 14.2 Å². The Hall–Kier alpha value is -1.49. The van der Waals surface area contributed by atoms with Gasteiger partial charge < -0.3 is 14.8 Å². The lowest BCUT2D eigenvalue weighted by Gasteiger charge is -2.33. The normalized spacial score (nSPS) is 22.3. The van der Waals surface area contributed by atoms with E-state index < -0.39 is 8.07 Å². The van der Waals surface area contributed by atoms with Crippen molar-refractivity contribution in [1.82, 2.24) is 5.32 Å². The summed E-state index contributed by atoms with van der Waals surface area (Å²) >= 11 is 0. The van der Waals surface area contributed by atoms with E-state index in [1.807, 2.05) is 18.2 Å². The number of carbonyl (C=O) groups excluding carboxylic acids is 1. The molecule has 0 radical (unpaired) electrons. The first kappa shape index (κ1) is 15.9. The first-order valence-corrected chi connectivity index (χ1v) is 10.3. The molecule has 2 rings (SSSR count). The minimum Gasteiger partial charge on any atom is -0.497 e. The molecule has 0 saturated carbocycles. The monoisotopic (exact) mass is 307 g/mol. The highest BCUT2D eigenvalue weighted by Gasteiger charge is 2.40. The molecule has 0 aliphatic carbocycles. The number of ether oxygens (including phenoxy) is 2. The van der Waals surface area contributed by atoms with Gasteiger partial charge in [0.2, 0.25) is 5.91 Å². The van der Waals surface area contributed by atoms with Crippen LogP contribution in [0.4, 0.5) is 0 Å². The summed E-state index contributed by atoms with van der Waals surface area (Å²) in [6.45, 7) is 2.99. The predicted molar refractivity (Wildman–Crippen MR) is 87.3 cm³/mol. The number of hydrogen-bond acceptors (Lipinski definition) is 3. The molecule has 1 aromatic rings. The second kappa shape index (κ2) is 6.98. The lowest BCUT2D eigenvalue weighted by molar-refractivity contribution is -0.120. The Bertz CT molecular complexity index is 484. The summed E-state index contributed by atoms with van der Waals surface area (Å²) in [5.41, 5.74) is 0. The smallest absolute Gasteiger partial charge is 0.219 e. The van der Waals surface area contributed by atoms with Crippen molar-refractivity contribution < 1.29 is 14.3 Å². The van der Waals surface area contributed by atoms with Crippen LogP contribution in [-0.4, -0.2) is 34.7 Å². The molecule has 1 aliphatic heterocycles. The van der Waals surface area contributed by atoms with Crippen LogP contribution in [0.5, 0.6) is 11.5 Å². The first-order chi connectivity index (χ1) is 10.2. The van der Waals surface area contributed by atoms with Crippen LogP contribution in [0.3, 0.4) is 0 Å². The number of nitrogens with one attached hydrogen (secondary N) is 1. The minimum absolute atomic E-state index is 0.175. The predicted octanol–water partition coefficient (Wildman–Crippen LogP) is 2.29. The fourth-order valence-corrected chi connectivity index (χ4v) is 8.67. The molecule has 4 nitrogen and oxygen atoms in total. The van der Waals surface area contributed by atoms with Crippen molar-refractivity contribution >= 4 is 19.2 Å². The SMILES string of the molecule is CCC[Si@]1(c2c(OC)cccc2OC)CCNC(=O)CC1. The molecule has 1 saturated heterocycles. The molecule has 1 amide bonds. The average molecular weight is 307 g/mol. The molecule has 0 bridgehead atoms. The zero-order valence-corrected chi connectivity index (χ0v) is 14.2. The molecule has 0 spiro atoms. The Morgan fingerprint density at radius 3 is 2.43 bits per heavy atom. The molecule has 1 aromatic carbocycles. The summed E-state index contributed by atoms with van der Waals surface area (Å²) in [5, 5.41) is 4.27. The van der Waals surface area contributed by atoms with Gasteiger partial charge in [-0.2, -0.15) is 0 Å². The van der Waals surface area contributed by atoms with E-state index in [9.17, 15) is 4.79 Å². The minimum atomic E-state index is -1.82. The fraction of sp³-hybridized carbons (Fsp3) is 0.562. The summed E-state index contributed by atoms with van der Waals surface area (Å²) in [5.74, 6) is 2.02. The maximum absolute atomic E-state index is 11.8. The Morgan fingerprint density at radius 2 is 1.86 bits per heavy atom. The van der Waals surface area contributed by atoms with E-state index in [-0.39, 0.29) is 5.91 Å². The van der Waals surface area contributed by atoms with Crippen molar-refractivity contribution in [2.75, 3.05) is 20.8 Å². The Labute approximate surface area is 127 Å². The van der Waals surface area contributed by atoms with Gasteiger partial charge in [-0.05, 0) is 24.2 Å². The Kier molecular flexibility index (Phi) is 5.28. The second-order valence-electron chi connectivity index (χ2n) is 5.67. The quantitative estimate of drug-likeness (QED) is 0.849. The highest BCUT2D eigenvalue weighted by atomic mass is 28.3. The standard InChI is InChI=1S/C16H25NO3Si/c1-4-10-21(11-8-15(18)17-9-12-21)16-13(19-2)6-5-7-14(16)20-3/h5-7H,4,8-12H2,1-3H3,(H,17,18)/t21-/m1/s1. The van der Waals surface area contributed by atoms with E-state index >= 15 is 0 Å². The van der Waals surface area contributed by atoms with Crippen LogP contribution in [0.25, 0.3) is 0 Å².